The van der Waals surface area contributed by atoms with Crippen LogP contribution in [0.25, 0.3) is 0 Å². The molecule has 0 aromatic heterocycles. The number of aliphatic hydroxyl groups is 1. The Labute approximate surface area is 83.8 Å². The van der Waals surface area contributed by atoms with Gasteiger partial charge in [-0.1, -0.05) is 12.1 Å². The fourth-order valence-electron chi connectivity index (χ4n) is 1.35. The summed E-state index contributed by atoms with van der Waals surface area (Å²) in [6, 6.07) is 6.55. The van der Waals surface area contributed by atoms with Gasteiger partial charge in [0.05, 0.1) is 6.61 Å². The second kappa shape index (κ2) is 5.08. The van der Waals surface area contributed by atoms with Crippen LogP contribution in [0, 0.1) is 5.82 Å². The maximum Gasteiger partial charge on any atom is 0.123 e. The summed E-state index contributed by atoms with van der Waals surface area (Å²) in [6.45, 7) is 3.91. The smallest absolute Gasteiger partial charge is 0.123 e. The van der Waals surface area contributed by atoms with Crippen molar-refractivity contribution in [2.45, 2.75) is 25.9 Å². The van der Waals surface area contributed by atoms with Gasteiger partial charge in [0.25, 0.3) is 0 Å². The van der Waals surface area contributed by atoms with Crippen LogP contribution in [-0.2, 0) is 0 Å². The van der Waals surface area contributed by atoms with Crippen molar-refractivity contribution in [2.24, 2.45) is 0 Å². The Morgan fingerprint density at radius 2 is 2.14 bits per heavy atom. The number of benzene rings is 1. The molecule has 0 amide bonds. The SMILES string of the molecule is C[C@H](CO)N[C@H](C)c1cccc(F)c1. The van der Waals surface area contributed by atoms with Gasteiger partial charge >= 0.3 is 0 Å². The van der Waals surface area contributed by atoms with Crippen molar-refractivity contribution in [3.05, 3.63) is 35.6 Å². The molecule has 0 saturated carbocycles. The molecule has 2 atom stereocenters. The van der Waals surface area contributed by atoms with E-state index >= 15 is 0 Å². The maximum atomic E-state index is 12.9. The van der Waals surface area contributed by atoms with Gasteiger partial charge in [0.1, 0.15) is 5.82 Å². The molecule has 14 heavy (non-hydrogen) atoms. The summed E-state index contributed by atoms with van der Waals surface area (Å²) in [7, 11) is 0. The van der Waals surface area contributed by atoms with Crippen LogP contribution in [0.3, 0.4) is 0 Å². The first kappa shape index (κ1) is 11.1. The zero-order valence-electron chi connectivity index (χ0n) is 8.50. The topological polar surface area (TPSA) is 32.3 Å². The van der Waals surface area contributed by atoms with Crippen LogP contribution >= 0.6 is 0 Å². The molecule has 78 valence electrons. The number of rotatable bonds is 4. The quantitative estimate of drug-likeness (QED) is 0.772. The van der Waals surface area contributed by atoms with E-state index in [0.717, 1.165) is 5.56 Å². The van der Waals surface area contributed by atoms with Crippen LogP contribution < -0.4 is 5.32 Å². The molecule has 0 fully saturated rings. The van der Waals surface area contributed by atoms with E-state index in [1.807, 2.05) is 19.9 Å². The molecule has 0 aliphatic heterocycles. The first-order chi connectivity index (χ1) is 6.63. The Kier molecular flexibility index (Phi) is 4.04. The summed E-state index contributed by atoms with van der Waals surface area (Å²) in [4.78, 5) is 0. The van der Waals surface area contributed by atoms with Gasteiger partial charge in [-0.2, -0.15) is 0 Å². The molecular weight excluding hydrogens is 181 g/mol. The normalized spacial score (nSPS) is 15.1. The molecule has 0 unspecified atom stereocenters. The maximum absolute atomic E-state index is 12.9. The highest BCUT2D eigenvalue weighted by atomic mass is 19.1. The van der Waals surface area contributed by atoms with Crippen molar-refractivity contribution in [1.82, 2.24) is 5.32 Å². The largest absolute Gasteiger partial charge is 0.395 e. The second-order valence-electron chi connectivity index (χ2n) is 3.53. The second-order valence-corrected chi connectivity index (χ2v) is 3.53. The van der Waals surface area contributed by atoms with Crippen molar-refractivity contribution >= 4 is 0 Å². The number of hydrogen-bond donors (Lipinski definition) is 2. The van der Waals surface area contributed by atoms with E-state index in [9.17, 15) is 4.39 Å². The Morgan fingerprint density at radius 3 is 2.71 bits per heavy atom. The summed E-state index contributed by atoms with van der Waals surface area (Å²) in [5.74, 6) is -0.229. The Hall–Kier alpha value is -0.930. The van der Waals surface area contributed by atoms with Crippen molar-refractivity contribution in [3.63, 3.8) is 0 Å². The minimum Gasteiger partial charge on any atom is -0.395 e. The van der Waals surface area contributed by atoms with Gasteiger partial charge < -0.3 is 10.4 Å². The van der Waals surface area contributed by atoms with Crippen molar-refractivity contribution in [3.8, 4) is 0 Å². The first-order valence-electron chi connectivity index (χ1n) is 4.76. The Morgan fingerprint density at radius 1 is 1.43 bits per heavy atom. The van der Waals surface area contributed by atoms with E-state index in [4.69, 9.17) is 5.11 Å². The van der Waals surface area contributed by atoms with Gasteiger partial charge in [-0.3, -0.25) is 0 Å². The molecule has 2 N–H and O–H groups in total. The standard InChI is InChI=1S/C11H16FNO/c1-8(7-14)13-9(2)10-4-3-5-11(12)6-10/h3-6,8-9,13-14H,7H2,1-2H3/t8-,9-/m1/s1. The van der Waals surface area contributed by atoms with E-state index in [1.165, 1.54) is 12.1 Å². The lowest BCUT2D eigenvalue weighted by molar-refractivity contribution is 0.243. The van der Waals surface area contributed by atoms with Gasteiger partial charge in [-0.05, 0) is 31.5 Å². The molecule has 1 rings (SSSR count). The summed E-state index contributed by atoms with van der Waals surface area (Å²) >= 11 is 0. The van der Waals surface area contributed by atoms with Crippen LogP contribution in [0.5, 0.6) is 0 Å². The van der Waals surface area contributed by atoms with Gasteiger partial charge in [-0.25, -0.2) is 4.39 Å². The van der Waals surface area contributed by atoms with Gasteiger partial charge in [0, 0.05) is 12.1 Å². The predicted molar refractivity (Wildman–Crippen MR) is 54.5 cm³/mol. The van der Waals surface area contributed by atoms with Gasteiger partial charge in [0.15, 0.2) is 0 Å². The van der Waals surface area contributed by atoms with Crippen molar-refractivity contribution < 1.29 is 9.50 Å². The van der Waals surface area contributed by atoms with E-state index in [-0.39, 0.29) is 24.5 Å². The lowest BCUT2D eigenvalue weighted by atomic mass is 10.1. The highest BCUT2D eigenvalue weighted by Crippen LogP contribution is 2.13. The number of nitrogens with one attached hydrogen (secondary N) is 1. The van der Waals surface area contributed by atoms with E-state index in [0.29, 0.717) is 0 Å². The third-order valence-electron chi connectivity index (χ3n) is 2.16. The number of aliphatic hydroxyl groups excluding tert-OH is 1. The Bertz CT molecular complexity index is 290. The monoisotopic (exact) mass is 197 g/mol. The third kappa shape index (κ3) is 3.09. The minimum absolute atomic E-state index is 0.0215. The highest BCUT2D eigenvalue weighted by Gasteiger charge is 2.08. The van der Waals surface area contributed by atoms with Crippen LogP contribution in [0.4, 0.5) is 4.39 Å². The van der Waals surface area contributed by atoms with Crippen LogP contribution in [0.2, 0.25) is 0 Å². The summed E-state index contributed by atoms with van der Waals surface area (Å²) < 4.78 is 12.9. The average molecular weight is 197 g/mol. The molecule has 0 aliphatic carbocycles. The van der Waals surface area contributed by atoms with E-state index in [2.05, 4.69) is 5.32 Å². The fourth-order valence-corrected chi connectivity index (χ4v) is 1.35. The highest BCUT2D eigenvalue weighted by molar-refractivity contribution is 5.19. The molecule has 1 aromatic rings. The molecular formula is C11H16FNO. The van der Waals surface area contributed by atoms with E-state index in [1.54, 1.807) is 6.07 Å². The minimum atomic E-state index is -0.229. The molecule has 0 heterocycles. The molecule has 0 bridgehead atoms. The molecule has 1 aromatic carbocycles. The number of halogens is 1. The third-order valence-corrected chi connectivity index (χ3v) is 2.16. The number of hydrogen-bond acceptors (Lipinski definition) is 2. The molecule has 0 radical (unpaired) electrons. The fraction of sp³-hybridized carbons (Fsp3) is 0.455. The van der Waals surface area contributed by atoms with Gasteiger partial charge in [-0.15, -0.1) is 0 Å². The average Bonchev–Trinajstić information content (AvgIpc) is 2.17. The molecule has 0 spiro atoms. The summed E-state index contributed by atoms with van der Waals surface area (Å²) in [6.07, 6.45) is 0. The van der Waals surface area contributed by atoms with Crippen molar-refractivity contribution in [2.75, 3.05) is 6.61 Å². The van der Waals surface area contributed by atoms with E-state index < -0.39 is 0 Å². The summed E-state index contributed by atoms with van der Waals surface area (Å²) in [5.41, 5.74) is 0.894. The zero-order chi connectivity index (χ0) is 10.6. The molecule has 0 saturated heterocycles. The predicted octanol–water partition coefficient (Wildman–Crippen LogP) is 1.86. The first-order valence-corrected chi connectivity index (χ1v) is 4.76. The lowest BCUT2D eigenvalue weighted by Gasteiger charge is -2.18. The summed E-state index contributed by atoms with van der Waals surface area (Å²) in [5, 5.41) is 12.0. The van der Waals surface area contributed by atoms with Crippen LogP contribution in [0.1, 0.15) is 25.5 Å². The zero-order valence-corrected chi connectivity index (χ0v) is 8.50. The molecule has 0 aliphatic rings. The lowest BCUT2D eigenvalue weighted by Crippen LogP contribution is -2.31. The van der Waals surface area contributed by atoms with Crippen molar-refractivity contribution in [1.29, 1.82) is 0 Å². The molecule has 3 heteroatoms. The van der Waals surface area contributed by atoms with Crippen LogP contribution in [-0.4, -0.2) is 17.8 Å². The Balaban J connectivity index is 2.64. The van der Waals surface area contributed by atoms with Crippen LogP contribution in [0.15, 0.2) is 24.3 Å². The molecule has 2 nitrogen and oxygen atoms in total. The van der Waals surface area contributed by atoms with Gasteiger partial charge in [0.2, 0.25) is 0 Å².